The molecule has 18 heavy (non-hydrogen) atoms. The number of ether oxygens (including phenoxy) is 1. The Morgan fingerprint density at radius 1 is 1.06 bits per heavy atom. The van der Waals surface area contributed by atoms with E-state index < -0.39 is 0 Å². The van der Waals surface area contributed by atoms with Gasteiger partial charge in [0.1, 0.15) is 5.75 Å². The maximum absolute atomic E-state index is 5.74. The molecule has 1 saturated carbocycles. The van der Waals surface area contributed by atoms with Crippen LogP contribution in [0.25, 0.3) is 0 Å². The summed E-state index contributed by atoms with van der Waals surface area (Å²) in [5, 5.41) is 0. The Labute approximate surface area is 112 Å². The summed E-state index contributed by atoms with van der Waals surface area (Å²) in [6.45, 7) is 3.07. The third kappa shape index (κ3) is 4.04. The molecule has 1 aromatic rings. The average molecular weight is 245 g/mol. The lowest BCUT2D eigenvalue weighted by molar-refractivity contribution is 0.306. The second-order valence-electron chi connectivity index (χ2n) is 5.26. The van der Waals surface area contributed by atoms with E-state index in [1.807, 2.05) is 0 Å². The van der Waals surface area contributed by atoms with E-state index in [0.717, 1.165) is 24.7 Å². The van der Waals surface area contributed by atoms with Gasteiger partial charge in [-0.3, -0.25) is 0 Å². The molecule has 99 valence electrons. The number of hydrogen-bond acceptors (Lipinski definition) is 1. The van der Waals surface area contributed by atoms with Crippen LogP contribution in [-0.4, -0.2) is 6.61 Å². The fraction of sp³-hybridized carbons (Fsp3) is 0.588. The van der Waals surface area contributed by atoms with E-state index in [4.69, 9.17) is 4.74 Å². The SMILES string of the molecule is CCCCCOc1ccc(C2CC[CH]CC2)cc1. The van der Waals surface area contributed by atoms with Gasteiger partial charge in [-0.1, -0.05) is 31.9 Å². The van der Waals surface area contributed by atoms with Crippen molar-refractivity contribution < 1.29 is 4.74 Å². The van der Waals surface area contributed by atoms with Gasteiger partial charge in [-0.25, -0.2) is 0 Å². The highest BCUT2D eigenvalue weighted by atomic mass is 16.5. The Morgan fingerprint density at radius 3 is 2.44 bits per heavy atom. The van der Waals surface area contributed by atoms with Crippen molar-refractivity contribution in [3.05, 3.63) is 36.2 Å². The molecular formula is C17H25O. The van der Waals surface area contributed by atoms with Gasteiger partial charge in [0, 0.05) is 0 Å². The van der Waals surface area contributed by atoms with E-state index in [1.165, 1.54) is 44.1 Å². The first-order valence-corrected chi connectivity index (χ1v) is 7.44. The summed E-state index contributed by atoms with van der Waals surface area (Å²) in [5.74, 6) is 1.79. The van der Waals surface area contributed by atoms with Crippen molar-refractivity contribution in [2.45, 2.75) is 57.8 Å². The Kier molecular flexibility index (Phi) is 5.57. The molecule has 0 bridgehead atoms. The van der Waals surface area contributed by atoms with Crippen LogP contribution in [0.1, 0.15) is 63.4 Å². The summed E-state index contributed by atoms with van der Waals surface area (Å²) in [4.78, 5) is 0. The zero-order chi connectivity index (χ0) is 12.6. The second-order valence-corrected chi connectivity index (χ2v) is 5.26. The van der Waals surface area contributed by atoms with Crippen molar-refractivity contribution in [2.75, 3.05) is 6.61 Å². The molecule has 0 amide bonds. The number of unbranched alkanes of at least 4 members (excludes halogenated alkanes) is 2. The van der Waals surface area contributed by atoms with E-state index in [0.29, 0.717) is 0 Å². The molecule has 0 aliphatic heterocycles. The van der Waals surface area contributed by atoms with Crippen molar-refractivity contribution in [1.82, 2.24) is 0 Å². The number of hydrogen-bond donors (Lipinski definition) is 0. The quantitative estimate of drug-likeness (QED) is 0.632. The minimum absolute atomic E-state index is 0.768. The van der Waals surface area contributed by atoms with Gasteiger partial charge in [0.05, 0.1) is 6.61 Å². The molecule has 0 unspecified atom stereocenters. The molecule has 0 heterocycles. The first kappa shape index (κ1) is 13.5. The van der Waals surface area contributed by atoms with E-state index in [1.54, 1.807) is 0 Å². The summed E-state index contributed by atoms with van der Waals surface area (Å²) in [7, 11) is 0. The monoisotopic (exact) mass is 245 g/mol. The van der Waals surface area contributed by atoms with Crippen molar-refractivity contribution >= 4 is 0 Å². The van der Waals surface area contributed by atoms with Crippen LogP contribution < -0.4 is 4.74 Å². The Balaban J connectivity index is 1.81. The van der Waals surface area contributed by atoms with Crippen molar-refractivity contribution in [3.8, 4) is 5.75 Å². The topological polar surface area (TPSA) is 9.23 Å². The molecule has 1 aliphatic rings. The zero-order valence-electron chi connectivity index (χ0n) is 11.5. The lowest BCUT2D eigenvalue weighted by Gasteiger charge is -2.21. The first-order chi connectivity index (χ1) is 8.90. The molecular weight excluding hydrogens is 220 g/mol. The van der Waals surface area contributed by atoms with Crippen molar-refractivity contribution in [3.63, 3.8) is 0 Å². The third-order valence-corrected chi connectivity index (χ3v) is 3.81. The minimum Gasteiger partial charge on any atom is -0.494 e. The first-order valence-electron chi connectivity index (χ1n) is 7.44. The largest absolute Gasteiger partial charge is 0.494 e. The molecule has 1 aliphatic carbocycles. The van der Waals surface area contributed by atoms with E-state index in [2.05, 4.69) is 37.6 Å². The Morgan fingerprint density at radius 2 is 1.78 bits per heavy atom. The third-order valence-electron chi connectivity index (χ3n) is 3.81. The summed E-state index contributed by atoms with van der Waals surface area (Å²) in [5.41, 5.74) is 1.49. The van der Waals surface area contributed by atoms with Gasteiger partial charge in [0.2, 0.25) is 0 Å². The van der Waals surface area contributed by atoms with Gasteiger partial charge in [-0.2, -0.15) is 0 Å². The molecule has 0 N–H and O–H groups in total. The predicted octanol–water partition coefficient (Wildman–Crippen LogP) is 5.12. The van der Waals surface area contributed by atoms with Gasteiger partial charge in [0.15, 0.2) is 0 Å². The minimum atomic E-state index is 0.768. The van der Waals surface area contributed by atoms with Gasteiger partial charge < -0.3 is 4.74 Å². The van der Waals surface area contributed by atoms with Gasteiger partial charge in [0.25, 0.3) is 0 Å². The molecule has 1 radical (unpaired) electrons. The highest BCUT2D eigenvalue weighted by molar-refractivity contribution is 5.29. The van der Waals surface area contributed by atoms with Crippen LogP contribution in [0.15, 0.2) is 24.3 Å². The normalized spacial score (nSPS) is 16.7. The van der Waals surface area contributed by atoms with Crippen LogP contribution in [0.4, 0.5) is 0 Å². The van der Waals surface area contributed by atoms with Crippen LogP contribution in [0.5, 0.6) is 5.75 Å². The lowest BCUT2D eigenvalue weighted by atomic mass is 9.84. The van der Waals surface area contributed by atoms with Crippen LogP contribution >= 0.6 is 0 Å². The highest BCUT2D eigenvalue weighted by Crippen LogP contribution is 2.32. The summed E-state index contributed by atoms with van der Waals surface area (Å²) in [6.07, 6.45) is 11.3. The fourth-order valence-corrected chi connectivity index (χ4v) is 2.64. The molecule has 0 aromatic heterocycles. The van der Waals surface area contributed by atoms with Crippen molar-refractivity contribution in [1.29, 1.82) is 0 Å². The lowest BCUT2D eigenvalue weighted by Crippen LogP contribution is -2.05. The van der Waals surface area contributed by atoms with Crippen molar-refractivity contribution in [2.24, 2.45) is 0 Å². The van der Waals surface area contributed by atoms with Gasteiger partial charge in [-0.15, -0.1) is 0 Å². The van der Waals surface area contributed by atoms with Crippen LogP contribution in [0.3, 0.4) is 0 Å². The highest BCUT2D eigenvalue weighted by Gasteiger charge is 2.15. The zero-order valence-corrected chi connectivity index (χ0v) is 11.5. The molecule has 1 nitrogen and oxygen atoms in total. The number of benzene rings is 1. The Hall–Kier alpha value is -0.980. The van der Waals surface area contributed by atoms with E-state index in [9.17, 15) is 0 Å². The van der Waals surface area contributed by atoms with Crippen LogP contribution in [-0.2, 0) is 0 Å². The van der Waals surface area contributed by atoms with Crippen LogP contribution in [0.2, 0.25) is 0 Å². The molecule has 2 rings (SSSR count). The predicted molar refractivity (Wildman–Crippen MR) is 77.0 cm³/mol. The molecule has 1 aromatic carbocycles. The van der Waals surface area contributed by atoms with E-state index in [-0.39, 0.29) is 0 Å². The fourth-order valence-electron chi connectivity index (χ4n) is 2.64. The summed E-state index contributed by atoms with van der Waals surface area (Å²) >= 11 is 0. The van der Waals surface area contributed by atoms with E-state index >= 15 is 0 Å². The van der Waals surface area contributed by atoms with Gasteiger partial charge in [-0.05, 0) is 62.1 Å². The molecule has 0 saturated heterocycles. The molecule has 0 spiro atoms. The second kappa shape index (κ2) is 7.45. The molecule has 1 fully saturated rings. The smallest absolute Gasteiger partial charge is 0.119 e. The Bertz CT molecular complexity index is 322. The molecule has 0 atom stereocenters. The van der Waals surface area contributed by atoms with Crippen LogP contribution in [0, 0.1) is 6.42 Å². The average Bonchev–Trinajstić information content (AvgIpc) is 2.45. The summed E-state index contributed by atoms with van der Waals surface area (Å²) in [6, 6.07) is 8.79. The standard InChI is InChI=1S/C17H25O/c1-2-3-7-14-18-17-12-10-16(11-13-17)15-8-5-4-6-9-15/h4,10-13,15H,2-3,5-9,14H2,1H3. The summed E-state index contributed by atoms with van der Waals surface area (Å²) < 4.78 is 5.74. The maximum Gasteiger partial charge on any atom is 0.119 e. The van der Waals surface area contributed by atoms with Gasteiger partial charge >= 0.3 is 0 Å². The molecule has 1 heteroatoms. The number of rotatable bonds is 6. The maximum atomic E-state index is 5.74.